The molecule has 1 fully saturated rings. The van der Waals surface area contributed by atoms with E-state index in [9.17, 15) is 14.4 Å². The van der Waals surface area contributed by atoms with Gasteiger partial charge in [-0.3, -0.25) is 10.1 Å². The molecule has 1 aliphatic carbocycles. The highest BCUT2D eigenvalue weighted by atomic mass is 16.5. The summed E-state index contributed by atoms with van der Waals surface area (Å²) < 4.78 is 7.02. The molecule has 26 heavy (non-hydrogen) atoms. The van der Waals surface area contributed by atoms with Crippen LogP contribution in [-0.2, 0) is 9.53 Å². The van der Waals surface area contributed by atoms with E-state index >= 15 is 0 Å². The number of amides is 3. The van der Waals surface area contributed by atoms with E-state index < -0.39 is 24.5 Å². The van der Waals surface area contributed by atoms with E-state index in [0.29, 0.717) is 5.56 Å². The maximum absolute atomic E-state index is 12.0. The lowest BCUT2D eigenvalue weighted by molar-refractivity contribution is -0.123. The van der Waals surface area contributed by atoms with E-state index in [2.05, 4.69) is 15.2 Å². The molecular formula is C19H21N3O4. The summed E-state index contributed by atoms with van der Waals surface area (Å²) in [5.41, 5.74) is 3.47. The molecule has 0 saturated heterocycles. The van der Waals surface area contributed by atoms with Crippen LogP contribution in [0.2, 0.25) is 0 Å². The van der Waals surface area contributed by atoms with E-state index in [0.717, 1.165) is 29.9 Å². The summed E-state index contributed by atoms with van der Waals surface area (Å²) in [6.45, 7) is 3.51. The maximum atomic E-state index is 12.0. The van der Waals surface area contributed by atoms with Gasteiger partial charge >= 0.3 is 12.0 Å². The van der Waals surface area contributed by atoms with E-state index in [1.807, 2.05) is 38.1 Å². The van der Waals surface area contributed by atoms with Crippen LogP contribution in [0, 0.1) is 13.8 Å². The molecule has 0 bridgehead atoms. The minimum atomic E-state index is -0.660. The van der Waals surface area contributed by atoms with Gasteiger partial charge in [-0.2, -0.15) is 0 Å². The third kappa shape index (κ3) is 4.30. The Kier molecular flexibility index (Phi) is 5.06. The standard InChI is InChI=1S/C19H21N3O4/c1-12-3-4-13(2)22(12)16-9-5-14(6-10-16)18(24)26-11-17(23)21-19(25)20-15-7-8-15/h3-6,9-10,15H,7-8,11H2,1-2H3,(H2,20,21,23,25). The topological polar surface area (TPSA) is 89.4 Å². The first-order valence-corrected chi connectivity index (χ1v) is 8.47. The fourth-order valence-electron chi connectivity index (χ4n) is 2.65. The van der Waals surface area contributed by atoms with Gasteiger partial charge in [-0.05, 0) is 63.1 Å². The van der Waals surface area contributed by atoms with Gasteiger partial charge in [0.15, 0.2) is 6.61 Å². The summed E-state index contributed by atoms with van der Waals surface area (Å²) >= 11 is 0. The summed E-state index contributed by atoms with van der Waals surface area (Å²) in [5, 5.41) is 4.75. The van der Waals surface area contributed by atoms with Gasteiger partial charge in [-0.15, -0.1) is 0 Å². The summed E-state index contributed by atoms with van der Waals surface area (Å²) in [7, 11) is 0. The molecule has 1 aromatic heterocycles. The molecule has 2 aromatic rings. The number of nitrogens with zero attached hydrogens (tertiary/aromatic N) is 1. The van der Waals surface area contributed by atoms with Gasteiger partial charge in [0.2, 0.25) is 0 Å². The van der Waals surface area contributed by atoms with E-state index in [1.54, 1.807) is 12.1 Å². The fraction of sp³-hybridized carbons (Fsp3) is 0.316. The Hall–Kier alpha value is -3.09. The number of carbonyl (C=O) groups excluding carboxylic acids is 3. The molecule has 136 valence electrons. The van der Waals surface area contributed by atoms with Crippen LogP contribution in [0.4, 0.5) is 4.79 Å². The number of rotatable bonds is 5. The average Bonchev–Trinajstić information content (AvgIpc) is 3.36. The highest BCUT2D eigenvalue weighted by molar-refractivity contribution is 5.97. The molecule has 0 aliphatic heterocycles. The van der Waals surface area contributed by atoms with Crippen molar-refractivity contribution in [3.8, 4) is 5.69 Å². The number of hydrogen-bond donors (Lipinski definition) is 2. The predicted octanol–water partition coefficient (Wildman–Crippen LogP) is 2.24. The number of esters is 1. The number of ether oxygens (including phenoxy) is 1. The van der Waals surface area contributed by atoms with Crippen LogP contribution in [0.3, 0.4) is 0 Å². The van der Waals surface area contributed by atoms with E-state index in [-0.39, 0.29) is 6.04 Å². The number of urea groups is 1. The van der Waals surface area contributed by atoms with Gasteiger partial charge in [0.05, 0.1) is 5.56 Å². The van der Waals surface area contributed by atoms with Gasteiger partial charge < -0.3 is 14.6 Å². The van der Waals surface area contributed by atoms with Crippen LogP contribution in [0.15, 0.2) is 36.4 Å². The highest BCUT2D eigenvalue weighted by Gasteiger charge is 2.24. The van der Waals surface area contributed by atoms with Crippen LogP contribution in [-0.4, -0.2) is 35.1 Å². The second-order valence-electron chi connectivity index (χ2n) is 6.37. The zero-order valence-electron chi connectivity index (χ0n) is 14.7. The van der Waals surface area contributed by atoms with E-state index in [1.165, 1.54) is 0 Å². The number of benzene rings is 1. The first-order valence-electron chi connectivity index (χ1n) is 8.47. The van der Waals surface area contributed by atoms with Gasteiger partial charge in [0, 0.05) is 23.1 Å². The molecular weight excluding hydrogens is 334 g/mol. The number of carbonyl (C=O) groups is 3. The van der Waals surface area contributed by atoms with E-state index in [4.69, 9.17) is 4.74 Å². The molecule has 7 heteroatoms. The molecule has 1 aliphatic rings. The Labute approximate surface area is 151 Å². The number of aromatic nitrogens is 1. The van der Waals surface area contributed by atoms with Crippen molar-refractivity contribution in [2.45, 2.75) is 32.7 Å². The smallest absolute Gasteiger partial charge is 0.338 e. The molecule has 3 amide bonds. The predicted molar refractivity (Wildman–Crippen MR) is 95.2 cm³/mol. The van der Waals surface area contributed by atoms with Crippen molar-refractivity contribution in [3.63, 3.8) is 0 Å². The Morgan fingerprint density at radius 1 is 1.04 bits per heavy atom. The molecule has 1 heterocycles. The molecule has 1 aromatic carbocycles. The first kappa shape index (κ1) is 17.7. The Morgan fingerprint density at radius 2 is 1.65 bits per heavy atom. The summed E-state index contributed by atoms with van der Waals surface area (Å²) in [6.07, 6.45) is 1.85. The molecule has 0 atom stereocenters. The third-order valence-corrected chi connectivity index (χ3v) is 4.13. The SMILES string of the molecule is Cc1ccc(C)n1-c1ccc(C(=O)OCC(=O)NC(=O)NC2CC2)cc1. The van der Waals surface area contributed by atoms with Gasteiger partial charge in [-0.1, -0.05) is 0 Å². The largest absolute Gasteiger partial charge is 0.452 e. The van der Waals surface area contributed by atoms with Crippen LogP contribution < -0.4 is 10.6 Å². The number of imide groups is 1. The van der Waals surface area contributed by atoms with Crippen LogP contribution in [0.25, 0.3) is 5.69 Å². The van der Waals surface area contributed by atoms with Gasteiger partial charge in [0.25, 0.3) is 5.91 Å². The first-order chi connectivity index (χ1) is 12.4. The lowest BCUT2D eigenvalue weighted by Gasteiger charge is -2.10. The molecule has 3 rings (SSSR count). The third-order valence-electron chi connectivity index (χ3n) is 4.13. The van der Waals surface area contributed by atoms with Crippen molar-refractivity contribution in [2.24, 2.45) is 0 Å². The van der Waals surface area contributed by atoms with Crippen molar-refractivity contribution in [2.75, 3.05) is 6.61 Å². The van der Waals surface area contributed by atoms with Crippen LogP contribution in [0.1, 0.15) is 34.6 Å². The van der Waals surface area contributed by atoms with Crippen molar-refractivity contribution in [1.82, 2.24) is 15.2 Å². The molecule has 7 nitrogen and oxygen atoms in total. The van der Waals surface area contributed by atoms with Gasteiger partial charge in [-0.25, -0.2) is 9.59 Å². The second kappa shape index (κ2) is 7.43. The number of hydrogen-bond acceptors (Lipinski definition) is 4. The quantitative estimate of drug-likeness (QED) is 0.805. The maximum Gasteiger partial charge on any atom is 0.338 e. The normalized spacial score (nSPS) is 13.2. The zero-order chi connectivity index (χ0) is 18.7. The van der Waals surface area contributed by atoms with Crippen LogP contribution >= 0.6 is 0 Å². The molecule has 0 unspecified atom stereocenters. The Morgan fingerprint density at radius 3 is 2.23 bits per heavy atom. The highest BCUT2D eigenvalue weighted by Crippen LogP contribution is 2.18. The zero-order valence-corrected chi connectivity index (χ0v) is 14.7. The molecule has 0 radical (unpaired) electrons. The van der Waals surface area contributed by atoms with Crippen molar-refractivity contribution < 1.29 is 19.1 Å². The molecule has 2 N–H and O–H groups in total. The molecule has 0 spiro atoms. The number of aryl methyl sites for hydroxylation is 2. The molecule has 1 saturated carbocycles. The summed E-state index contributed by atoms with van der Waals surface area (Å²) in [4.78, 5) is 35.1. The average molecular weight is 355 g/mol. The lowest BCUT2D eigenvalue weighted by atomic mass is 10.2. The monoisotopic (exact) mass is 355 g/mol. The number of nitrogens with one attached hydrogen (secondary N) is 2. The van der Waals surface area contributed by atoms with Crippen molar-refractivity contribution in [3.05, 3.63) is 53.3 Å². The van der Waals surface area contributed by atoms with Gasteiger partial charge in [0.1, 0.15) is 0 Å². The van der Waals surface area contributed by atoms with Crippen LogP contribution in [0.5, 0.6) is 0 Å². The summed E-state index contributed by atoms with van der Waals surface area (Å²) in [5.74, 6) is -1.28. The van der Waals surface area contributed by atoms with Crippen molar-refractivity contribution in [1.29, 1.82) is 0 Å². The fourth-order valence-corrected chi connectivity index (χ4v) is 2.65. The minimum Gasteiger partial charge on any atom is -0.452 e. The van der Waals surface area contributed by atoms with Crippen molar-refractivity contribution >= 4 is 17.9 Å². The Bertz CT molecular complexity index is 815. The minimum absolute atomic E-state index is 0.149. The Balaban J connectivity index is 1.53. The second-order valence-corrected chi connectivity index (χ2v) is 6.37. The summed E-state index contributed by atoms with van der Waals surface area (Å²) in [6, 6.07) is 10.6. The lowest BCUT2D eigenvalue weighted by Crippen LogP contribution is -2.42.